The molecule has 6 nitrogen and oxygen atoms in total. The fourth-order valence-corrected chi connectivity index (χ4v) is 4.37. The number of allylic oxidation sites excluding steroid dienone is 1. The number of carbonyl (C=O) groups is 1. The maximum absolute atomic E-state index is 14.6. The minimum absolute atomic E-state index is 0.00848. The van der Waals surface area contributed by atoms with Gasteiger partial charge in [0, 0.05) is 23.4 Å². The van der Waals surface area contributed by atoms with Crippen molar-refractivity contribution in [3.63, 3.8) is 0 Å². The van der Waals surface area contributed by atoms with E-state index >= 15 is 0 Å². The zero-order valence-electron chi connectivity index (χ0n) is 14.7. The predicted molar refractivity (Wildman–Crippen MR) is 97.4 cm³/mol. The molecule has 148 valence electrons. The molecule has 1 amide bonds. The van der Waals surface area contributed by atoms with Gasteiger partial charge >= 0.3 is 6.09 Å². The van der Waals surface area contributed by atoms with E-state index in [4.69, 9.17) is 8.92 Å². The second-order valence-electron chi connectivity index (χ2n) is 6.50. The number of cyclic esters (lactones) is 1. The largest absolute Gasteiger partial charge is 0.519 e. The summed E-state index contributed by atoms with van der Waals surface area (Å²) >= 11 is 1.70. The van der Waals surface area contributed by atoms with Crippen LogP contribution in [0.3, 0.4) is 0 Å². The van der Waals surface area contributed by atoms with Crippen LogP contribution in [0.15, 0.2) is 18.2 Å². The van der Waals surface area contributed by atoms with E-state index in [1.54, 1.807) is 11.8 Å². The Morgan fingerprint density at radius 2 is 2.04 bits per heavy atom. The topological polar surface area (TPSA) is 74.1 Å². The Hall–Kier alpha value is -1.49. The lowest BCUT2D eigenvalue weighted by molar-refractivity contribution is -0.765. The number of amides is 1. The van der Waals surface area contributed by atoms with Crippen molar-refractivity contribution in [3.8, 4) is 0 Å². The maximum atomic E-state index is 14.6. The summed E-state index contributed by atoms with van der Waals surface area (Å²) in [5.41, 5.74) is 0.681. The molecule has 0 radical (unpaired) electrons. The highest BCUT2D eigenvalue weighted by molar-refractivity contribution is 7.99. The second kappa shape index (κ2) is 8.26. The molecule has 1 saturated heterocycles. The van der Waals surface area contributed by atoms with E-state index in [2.05, 4.69) is 0 Å². The number of benzene rings is 1. The van der Waals surface area contributed by atoms with Crippen LogP contribution in [-0.4, -0.2) is 52.0 Å². The SMILES string of the molecule is CS(=O)(=O)OCC1COC(=O)[NH+](c2cc(F)c(C3=CCSCC3)c(F)c2)C1. The fourth-order valence-electron chi connectivity index (χ4n) is 3.08. The number of alkyl carbamates (subject to hydrolysis) is 1. The third-order valence-corrected chi connectivity index (χ3v) is 5.84. The van der Waals surface area contributed by atoms with Crippen LogP contribution in [0.4, 0.5) is 19.3 Å². The van der Waals surface area contributed by atoms with E-state index in [1.165, 1.54) is 0 Å². The summed E-state index contributed by atoms with van der Waals surface area (Å²) in [6.07, 6.45) is 2.66. The van der Waals surface area contributed by atoms with Crippen molar-refractivity contribution in [1.82, 2.24) is 0 Å². The number of thioether (sulfide) groups is 1. The molecule has 0 aromatic heterocycles. The highest BCUT2D eigenvalue weighted by Crippen LogP contribution is 2.31. The summed E-state index contributed by atoms with van der Waals surface area (Å²) in [7, 11) is -3.63. The van der Waals surface area contributed by atoms with Crippen molar-refractivity contribution in [1.29, 1.82) is 0 Å². The number of hydrogen-bond acceptors (Lipinski definition) is 6. The first-order valence-electron chi connectivity index (χ1n) is 8.38. The first kappa shape index (κ1) is 20.2. The zero-order chi connectivity index (χ0) is 19.6. The Labute approximate surface area is 160 Å². The van der Waals surface area contributed by atoms with Gasteiger partial charge in [-0.25, -0.2) is 13.7 Å². The molecule has 0 bridgehead atoms. The standard InChI is InChI=1S/C17H19F2NO5S2/c1-27(22,23)25-10-11-8-20(17(21)24-9-11)13-6-14(18)16(15(19)7-13)12-2-4-26-5-3-12/h2,6-7,11H,3-5,8-10H2,1H3/p+1. The molecule has 27 heavy (non-hydrogen) atoms. The summed E-state index contributed by atoms with van der Waals surface area (Å²) in [4.78, 5) is 12.2. The molecule has 1 N–H and O–H groups in total. The minimum atomic E-state index is -3.63. The first-order valence-corrected chi connectivity index (χ1v) is 11.4. The van der Waals surface area contributed by atoms with Crippen LogP contribution in [0.2, 0.25) is 0 Å². The summed E-state index contributed by atoms with van der Waals surface area (Å²) in [6, 6.07) is 2.27. The van der Waals surface area contributed by atoms with Gasteiger partial charge in [0.25, 0.3) is 10.1 Å². The first-order chi connectivity index (χ1) is 12.7. The molecule has 2 unspecified atom stereocenters. The smallest absolute Gasteiger partial charge is 0.419 e. The molecule has 2 aliphatic heterocycles. The van der Waals surface area contributed by atoms with Crippen LogP contribution < -0.4 is 4.90 Å². The molecule has 1 aromatic carbocycles. The lowest BCUT2D eigenvalue weighted by atomic mass is 10.0. The highest BCUT2D eigenvalue weighted by Gasteiger charge is 2.36. The average molecular weight is 420 g/mol. The van der Waals surface area contributed by atoms with Crippen molar-refractivity contribution >= 4 is 39.2 Å². The van der Waals surface area contributed by atoms with E-state index in [0.29, 0.717) is 17.7 Å². The summed E-state index contributed by atoms with van der Waals surface area (Å²) < 4.78 is 61.3. The third kappa shape index (κ3) is 5.07. The van der Waals surface area contributed by atoms with Crippen LogP contribution >= 0.6 is 11.8 Å². The molecule has 2 heterocycles. The van der Waals surface area contributed by atoms with E-state index in [9.17, 15) is 22.0 Å². The van der Waals surface area contributed by atoms with Crippen molar-refractivity contribution in [2.75, 3.05) is 37.5 Å². The Morgan fingerprint density at radius 1 is 1.33 bits per heavy atom. The monoisotopic (exact) mass is 420 g/mol. The van der Waals surface area contributed by atoms with Gasteiger partial charge < -0.3 is 4.74 Å². The lowest BCUT2D eigenvalue weighted by Gasteiger charge is -2.27. The normalized spacial score (nSPS) is 23.7. The third-order valence-electron chi connectivity index (χ3n) is 4.38. The van der Waals surface area contributed by atoms with Gasteiger partial charge in [-0.15, -0.1) is 0 Å². The quantitative estimate of drug-likeness (QED) is 0.732. The van der Waals surface area contributed by atoms with Gasteiger partial charge in [0.15, 0.2) is 0 Å². The fraction of sp³-hybridized carbons (Fsp3) is 0.471. The van der Waals surface area contributed by atoms with Crippen LogP contribution in [0.5, 0.6) is 0 Å². The molecular weight excluding hydrogens is 400 g/mol. The number of rotatable bonds is 5. The maximum Gasteiger partial charge on any atom is 0.519 e. The molecule has 0 saturated carbocycles. The summed E-state index contributed by atoms with van der Waals surface area (Å²) in [5, 5.41) is 0. The number of halogens is 2. The van der Waals surface area contributed by atoms with Gasteiger partial charge in [-0.1, -0.05) is 6.08 Å². The highest BCUT2D eigenvalue weighted by atomic mass is 32.2. The van der Waals surface area contributed by atoms with Crippen LogP contribution in [0.1, 0.15) is 12.0 Å². The van der Waals surface area contributed by atoms with Crippen molar-refractivity contribution in [2.45, 2.75) is 6.42 Å². The Bertz CT molecular complexity index is 849. The van der Waals surface area contributed by atoms with Gasteiger partial charge in [-0.2, -0.15) is 25.0 Å². The molecule has 0 spiro atoms. The number of ether oxygens (including phenoxy) is 1. The second-order valence-corrected chi connectivity index (χ2v) is 9.30. The minimum Gasteiger partial charge on any atom is -0.419 e. The van der Waals surface area contributed by atoms with Crippen molar-refractivity contribution in [3.05, 3.63) is 35.4 Å². The zero-order valence-corrected chi connectivity index (χ0v) is 16.3. The number of quaternary nitrogens is 1. The van der Waals surface area contributed by atoms with Gasteiger partial charge in [0.2, 0.25) is 0 Å². The average Bonchev–Trinajstić information content (AvgIpc) is 2.60. The summed E-state index contributed by atoms with van der Waals surface area (Å²) in [5.74, 6) is -0.341. The van der Waals surface area contributed by atoms with Crippen LogP contribution in [0, 0.1) is 17.6 Å². The van der Waals surface area contributed by atoms with E-state index in [1.807, 2.05) is 6.08 Å². The predicted octanol–water partition coefficient (Wildman–Crippen LogP) is 1.74. The Morgan fingerprint density at radius 3 is 2.63 bits per heavy atom. The number of hydrogen-bond donors (Lipinski definition) is 1. The molecule has 2 atom stereocenters. The molecule has 0 aliphatic carbocycles. The molecular formula is C17H20F2NO5S2+. The molecule has 10 heteroatoms. The van der Waals surface area contributed by atoms with Crippen LogP contribution in [-0.2, 0) is 19.0 Å². The van der Waals surface area contributed by atoms with E-state index in [-0.39, 0.29) is 35.9 Å². The Balaban J connectivity index is 1.82. The Kier molecular flexibility index (Phi) is 6.19. The summed E-state index contributed by atoms with van der Waals surface area (Å²) in [6.45, 7) is -0.0550. The van der Waals surface area contributed by atoms with Gasteiger partial charge in [0.05, 0.1) is 18.8 Å². The number of carbonyl (C=O) groups excluding carboxylic acids is 1. The van der Waals surface area contributed by atoms with Crippen molar-refractivity contribution < 1.29 is 35.8 Å². The molecule has 3 rings (SSSR count). The molecule has 2 aliphatic rings. The van der Waals surface area contributed by atoms with E-state index in [0.717, 1.165) is 24.1 Å². The van der Waals surface area contributed by atoms with Crippen LogP contribution in [0.25, 0.3) is 5.57 Å². The van der Waals surface area contributed by atoms with Crippen molar-refractivity contribution in [2.24, 2.45) is 5.92 Å². The molecule has 1 aromatic rings. The van der Waals surface area contributed by atoms with E-state index < -0.39 is 33.8 Å². The lowest BCUT2D eigenvalue weighted by Crippen LogP contribution is -3.12. The molecule has 1 fully saturated rings. The van der Waals surface area contributed by atoms with Gasteiger partial charge in [0.1, 0.15) is 30.5 Å². The number of nitrogens with one attached hydrogen (secondary N) is 1. The van der Waals surface area contributed by atoms with Gasteiger partial charge in [-0.05, 0) is 17.7 Å². The van der Waals surface area contributed by atoms with Gasteiger partial charge in [-0.3, -0.25) is 4.18 Å².